The molecule has 0 unspecified atom stereocenters. The number of benzene rings is 1. The van der Waals surface area contributed by atoms with Gasteiger partial charge in [-0.15, -0.1) is 0 Å². The van der Waals surface area contributed by atoms with Gasteiger partial charge in [-0.25, -0.2) is 9.78 Å². The van der Waals surface area contributed by atoms with Gasteiger partial charge in [-0.3, -0.25) is 9.51 Å². The monoisotopic (exact) mass is 422 g/mol. The molecule has 1 saturated heterocycles. The second-order valence-corrected chi connectivity index (χ2v) is 6.61. The number of aromatic nitrogens is 3. The van der Waals surface area contributed by atoms with Gasteiger partial charge in [0.15, 0.2) is 5.82 Å². The van der Waals surface area contributed by atoms with Gasteiger partial charge in [-0.05, 0) is 30.3 Å². The van der Waals surface area contributed by atoms with Crippen LogP contribution in [0.1, 0.15) is 18.4 Å². The van der Waals surface area contributed by atoms with Crippen molar-refractivity contribution in [2.24, 2.45) is 0 Å². The number of anilines is 2. The second-order valence-electron chi connectivity index (χ2n) is 6.61. The molecule has 2 aromatic heterocycles. The second kappa shape index (κ2) is 8.19. The molecule has 3 aromatic rings. The third-order valence-corrected chi connectivity index (χ3v) is 4.53. The van der Waals surface area contributed by atoms with Crippen molar-refractivity contribution in [1.29, 1.82) is 0 Å². The lowest BCUT2D eigenvalue weighted by atomic mass is 10.1. The highest BCUT2D eigenvalue weighted by Gasteiger charge is 2.30. The van der Waals surface area contributed by atoms with E-state index in [2.05, 4.69) is 25.0 Å². The Bertz CT molecular complexity index is 1060. The first-order valence-corrected chi connectivity index (χ1v) is 9.14. The smallest absolute Gasteiger partial charge is 0.439 e. The lowest BCUT2D eigenvalue weighted by Crippen LogP contribution is -2.26. The lowest BCUT2D eigenvalue weighted by molar-refractivity contribution is -0.137. The molecule has 0 bridgehead atoms. The predicted octanol–water partition coefficient (Wildman–Crippen LogP) is 3.75. The standard InChI is InChI=1S/C19H17F3N4O4/c20-19(21,22)11-1-3-12(4-2-11)24-16-15(17-25-18(27)30-26-17)14(5-8-23-16)29-13-6-9-28-10-7-13/h1-5,8,13H,6-7,9-10H2,(H,23,24)(H,25,26,27). The largest absolute Gasteiger partial charge is 0.489 e. The number of nitrogens with zero attached hydrogens (tertiary/aromatic N) is 2. The molecule has 0 radical (unpaired) electrons. The summed E-state index contributed by atoms with van der Waals surface area (Å²) in [4.78, 5) is 18.2. The van der Waals surface area contributed by atoms with Crippen molar-refractivity contribution < 1.29 is 27.2 Å². The average molecular weight is 422 g/mol. The predicted molar refractivity (Wildman–Crippen MR) is 99.6 cm³/mol. The third-order valence-electron chi connectivity index (χ3n) is 4.53. The van der Waals surface area contributed by atoms with Crippen molar-refractivity contribution >= 4 is 11.5 Å². The summed E-state index contributed by atoms with van der Waals surface area (Å²) < 4.78 is 54.4. The molecule has 1 aliphatic heterocycles. The van der Waals surface area contributed by atoms with E-state index in [1.165, 1.54) is 18.3 Å². The summed E-state index contributed by atoms with van der Waals surface area (Å²) in [5, 5.41) is 6.66. The van der Waals surface area contributed by atoms with Crippen LogP contribution in [0.2, 0.25) is 0 Å². The van der Waals surface area contributed by atoms with Crippen LogP contribution in [0.5, 0.6) is 5.75 Å². The van der Waals surface area contributed by atoms with Gasteiger partial charge in [0, 0.05) is 24.7 Å². The maximum atomic E-state index is 12.8. The molecule has 4 rings (SSSR count). The lowest BCUT2D eigenvalue weighted by Gasteiger charge is -2.24. The highest BCUT2D eigenvalue weighted by atomic mass is 19.4. The van der Waals surface area contributed by atoms with E-state index in [4.69, 9.17) is 9.47 Å². The van der Waals surface area contributed by atoms with Crippen LogP contribution in [-0.4, -0.2) is 34.4 Å². The number of ether oxygens (including phenoxy) is 2. The minimum Gasteiger partial charge on any atom is -0.489 e. The van der Waals surface area contributed by atoms with Gasteiger partial charge in [0.05, 0.1) is 18.8 Å². The summed E-state index contributed by atoms with van der Waals surface area (Å²) >= 11 is 0. The quantitative estimate of drug-likeness (QED) is 0.646. The van der Waals surface area contributed by atoms with Gasteiger partial charge in [0.1, 0.15) is 23.2 Å². The highest BCUT2D eigenvalue weighted by Crippen LogP contribution is 2.36. The number of H-pyrrole nitrogens is 1. The topological polar surface area (TPSA) is 102 Å². The fourth-order valence-electron chi connectivity index (χ4n) is 3.06. The number of hydrogen-bond acceptors (Lipinski definition) is 7. The molecule has 0 saturated carbocycles. The van der Waals surface area contributed by atoms with E-state index < -0.39 is 17.5 Å². The number of pyridine rings is 1. The summed E-state index contributed by atoms with van der Waals surface area (Å²) in [6.45, 7) is 1.14. The molecule has 8 nitrogen and oxygen atoms in total. The molecule has 11 heteroatoms. The average Bonchev–Trinajstić information content (AvgIpc) is 3.14. The van der Waals surface area contributed by atoms with Gasteiger partial charge in [-0.1, -0.05) is 5.16 Å². The van der Waals surface area contributed by atoms with Crippen molar-refractivity contribution in [3.63, 3.8) is 0 Å². The van der Waals surface area contributed by atoms with Crippen LogP contribution >= 0.6 is 0 Å². The zero-order valence-corrected chi connectivity index (χ0v) is 15.5. The molecule has 1 aliphatic rings. The van der Waals surface area contributed by atoms with Gasteiger partial charge >= 0.3 is 11.9 Å². The maximum Gasteiger partial charge on any atom is 0.439 e. The van der Waals surface area contributed by atoms with Crippen LogP contribution in [0.15, 0.2) is 45.8 Å². The molecule has 3 heterocycles. The molecular formula is C19H17F3N4O4. The van der Waals surface area contributed by atoms with Crippen LogP contribution in [0.4, 0.5) is 24.7 Å². The van der Waals surface area contributed by atoms with E-state index >= 15 is 0 Å². The number of nitrogens with one attached hydrogen (secondary N) is 2. The fraction of sp³-hybridized carbons (Fsp3) is 0.316. The maximum absolute atomic E-state index is 12.8. The van der Waals surface area contributed by atoms with Crippen LogP contribution in [0.25, 0.3) is 11.4 Å². The Morgan fingerprint density at radius 2 is 1.87 bits per heavy atom. The summed E-state index contributed by atoms with van der Waals surface area (Å²) in [6.07, 6.45) is -1.66. The van der Waals surface area contributed by atoms with Gasteiger partial charge in [-0.2, -0.15) is 13.2 Å². The molecule has 0 atom stereocenters. The van der Waals surface area contributed by atoms with E-state index in [1.807, 2.05) is 0 Å². The van der Waals surface area contributed by atoms with E-state index in [-0.39, 0.29) is 17.7 Å². The van der Waals surface area contributed by atoms with Crippen molar-refractivity contribution in [3.8, 4) is 17.1 Å². The fourth-order valence-corrected chi connectivity index (χ4v) is 3.06. The van der Waals surface area contributed by atoms with Crippen molar-refractivity contribution in [3.05, 3.63) is 52.6 Å². The number of aromatic amines is 1. The number of hydrogen-bond donors (Lipinski definition) is 2. The summed E-state index contributed by atoms with van der Waals surface area (Å²) in [5.41, 5.74) is -0.0702. The van der Waals surface area contributed by atoms with E-state index in [0.717, 1.165) is 12.1 Å². The Morgan fingerprint density at radius 3 is 2.50 bits per heavy atom. The molecule has 30 heavy (non-hydrogen) atoms. The van der Waals surface area contributed by atoms with Crippen molar-refractivity contribution in [2.75, 3.05) is 18.5 Å². The minimum atomic E-state index is -4.43. The van der Waals surface area contributed by atoms with Crippen LogP contribution in [0, 0.1) is 0 Å². The molecule has 158 valence electrons. The normalized spacial score (nSPS) is 15.2. The summed E-state index contributed by atoms with van der Waals surface area (Å²) in [6, 6.07) is 6.11. The SMILES string of the molecule is O=c1[nH]c(-c2c(OC3CCOCC3)ccnc2Nc2ccc(C(F)(F)F)cc2)no1. The molecule has 1 aromatic carbocycles. The Kier molecular flexibility index (Phi) is 5.44. The highest BCUT2D eigenvalue weighted by molar-refractivity contribution is 5.79. The molecule has 1 fully saturated rings. The Balaban J connectivity index is 1.68. The van der Waals surface area contributed by atoms with E-state index in [9.17, 15) is 18.0 Å². The van der Waals surface area contributed by atoms with Crippen LogP contribution in [0.3, 0.4) is 0 Å². The first-order chi connectivity index (χ1) is 14.4. The molecule has 2 N–H and O–H groups in total. The van der Waals surface area contributed by atoms with Gasteiger partial charge in [0.2, 0.25) is 0 Å². The van der Waals surface area contributed by atoms with E-state index in [0.29, 0.717) is 43.1 Å². The first-order valence-electron chi connectivity index (χ1n) is 9.14. The van der Waals surface area contributed by atoms with Crippen molar-refractivity contribution in [1.82, 2.24) is 15.1 Å². The Morgan fingerprint density at radius 1 is 1.13 bits per heavy atom. The molecule has 0 aliphatic carbocycles. The van der Waals surface area contributed by atoms with Crippen molar-refractivity contribution in [2.45, 2.75) is 25.1 Å². The number of rotatable bonds is 5. The van der Waals surface area contributed by atoms with Crippen LogP contribution in [-0.2, 0) is 10.9 Å². The van der Waals surface area contributed by atoms with Crippen LogP contribution < -0.4 is 15.8 Å². The Hall–Kier alpha value is -3.34. The van der Waals surface area contributed by atoms with E-state index in [1.54, 1.807) is 6.07 Å². The number of alkyl halides is 3. The minimum absolute atomic E-state index is 0.0876. The zero-order chi connectivity index (χ0) is 21.1. The Labute approximate surface area is 168 Å². The van der Waals surface area contributed by atoms with Gasteiger partial charge in [0.25, 0.3) is 0 Å². The van der Waals surface area contributed by atoms with Gasteiger partial charge < -0.3 is 14.8 Å². The molecule has 0 spiro atoms. The summed E-state index contributed by atoms with van der Waals surface area (Å²) in [5.74, 6) is -0.0318. The molecule has 0 amide bonds. The third kappa shape index (κ3) is 4.46. The first kappa shape index (κ1) is 20.0. The molecular weight excluding hydrogens is 405 g/mol. The zero-order valence-electron chi connectivity index (χ0n) is 15.5. The number of halogens is 3. The summed E-state index contributed by atoms with van der Waals surface area (Å²) in [7, 11) is 0.